The van der Waals surface area contributed by atoms with Crippen LogP contribution in [0.25, 0.3) is 10.9 Å². The first-order chi connectivity index (χ1) is 7.50. The fourth-order valence-corrected chi connectivity index (χ4v) is 2.05. The third-order valence-electron chi connectivity index (χ3n) is 2.47. The zero-order chi connectivity index (χ0) is 11.9. The number of carboxylic acids is 1. The molecule has 0 aliphatic heterocycles. The molecule has 0 unspecified atom stereocenters. The first-order valence-electron chi connectivity index (χ1n) is 4.79. The highest BCUT2D eigenvalue weighted by molar-refractivity contribution is 6.38. The highest BCUT2D eigenvalue weighted by atomic mass is 35.5. The van der Waals surface area contributed by atoms with Crippen LogP contribution < -0.4 is 0 Å². The summed E-state index contributed by atoms with van der Waals surface area (Å²) >= 11 is 6.06. The van der Waals surface area contributed by atoms with Gasteiger partial charge >= 0.3 is 5.97 Å². The van der Waals surface area contributed by atoms with Crippen molar-refractivity contribution in [2.24, 2.45) is 0 Å². The molecular formula is C12H10ClNO2. The van der Waals surface area contributed by atoms with E-state index in [1.54, 1.807) is 0 Å². The molecule has 1 heterocycles. The minimum absolute atomic E-state index is 0.0409. The third kappa shape index (κ3) is 1.63. The summed E-state index contributed by atoms with van der Waals surface area (Å²) in [5.41, 5.74) is 2.82. The van der Waals surface area contributed by atoms with Gasteiger partial charge in [0.15, 0.2) is 0 Å². The number of nitrogens with zero attached hydrogens (tertiary/aromatic N) is 1. The molecule has 0 aliphatic carbocycles. The normalized spacial score (nSPS) is 10.7. The Morgan fingerprint density at radius 3 is 2.69 bits per heavy atom. The Labute approximate surface area is 97.7 Å². The number of aryl methyl sites for hydroxylation is 2. The van der Waals surface area contributed by atoms with Crippen LogP contribution in [-0.4, -0.2) is 16.1 Å². The van der Waals surface area contributed by atoms with Crippen LogP contribution in [0.15, 0.2) is 18.3 Å². The number of carboxylic acid groups (broad SMARTS) is 1. The van der Waals surface area contributed by atoms with Gasteiger partial charge in [0, 0.05) is 11.6 Å². The average Bonchev–Trinajstić information content (AvgIpc) is 2.19. The molecule has 3 nitrogen and oxygen atoms in total. The van der Waals surface area contributed by atoms with E-state index in [0.29, 0.717) is 5.39 Å². The van der Waals surface area contributed by atoms with E-state index < -0.39 is 5.97 Å². The summed E-state index contributed by atoms with van der Waals surface area (Å²) in [6.45, 7) is 3.87. The van der Waals surface area contributed by atoms with E-state index >= 15 is 0 Å². The van der Waals surface area contributed by atoms with E-state index in [1.165, 1.54) is 6.20 Å². The first-order valence-corrected chi connectivity index (χ1v) is 5.17. The highest BCUT2D eigenvalue weighted by Crippen LogP contribution is 2.28. The third-order valence-corrected chi connectivity index (χ3v) is 2.88. The van der Waals surface area contributed by atoms with Gasteiger partial charge in [-0.05, 0) is 25.5 Å². The topological polar surface area (TPSA) is 50.2 Å². The number of hydrogen-bond acceptors (Lipinski definition) is 2. The minimum Gasteiger partial charge on any atom is -0.478 e. The van der Waals surface area contributed by atoms with Gasteiger partial charge in [-0.1, -0.05) is 23.2 Å². The van der Waals surface area contributed by atoms with E-state index in [9.17, 15) is 4.79 Å². The predicted octanol–water partition coefficient (Wildman–Crippen LogP) is 3.20. The lowest BCUT2D eigenvalue weighted by atomic mass is 10.1. The van der Waals surface area contributed by atoms with Gasteiger partial charge in [0.05, 0.1) is 16.1 Å². The largest absolute Gasteiger partial charge is 0.478 e. The Kier molecular flexibility index (Phi) is 2.56. The molecule has 1 aromatic carbocycles. The van der Waals surface area contributed by atoms with Crippen LogP contribution in [0.3, 0.4) is 0 Å². The van der Waals surface area contributed by atoms with Crippen molar-refractivity contribution in [1.29, 1.82) is 0 Å². The van der Waals surface area contributed by atoms with E-state index in [0.717, 1.165) is 16.6 Å². The molecule has 2 rings (SSSR count). The summed E-state index contributed by atoms with van der Waals surface area (Å²) in [5, 5.41) is 9.89. The standard InChI is InChI=1S/C12H10ClNO2/c1-6-3-7(2)11-8(4-6)10(13)9(5-14-11)12(15)16/h3-5H,1-2H3,(H,15,16). The number of carbonyl (C=O) groups is 1. The molecule has 0 amide bonds. The van der Waals surface area contributed by atoms with E-state index in [4.69, 9.17) is 16.7 Å². The molecule has 82 valence electrons. The van der Waals surface area contributed by atoms with Crippen LogP contribution >= 0.6 is 11.6 Å². The van der Waals surface area contributed by atoms with Crippen LogP contribution in [-0.2, 0) is 0 Å². The van der Waals surface area contributed by atoms with E-state index in [-0.39, 0.29) is 10.6 Å². The lowest BCUT2D eigenvalue weighted by Gasteiger charge is -2.07. The number of aromatic carboxylic acids is 1. The molecule has 0 spiro atoms. The van der Waals surface area contributed by atoms with Gasteiger partial charge in [-0.3, -0.25) is 4.98 Å². The average molecular weight is 236 g/mol. The SMILES string of the molecule is Cc1cc(C)c2ncc(C(=O)O)c(Cl)c2c1. The van der Waals surface area contributed by atoms with Gasteiger partial charge in [0.2, 0.25) is 0 Å². The summed E-state index contributed by atoms with van der Waals surface area (Å²) in [6.07, 6.45) is 1.30. The molecule has 0 atom stereocenters. The Bertz CT molecular complexity index is 593. The fraction of sp³-hybridized carbons (Fsp3) is 0.167. The lowest BCUT2D eigenvalue weighted by molar-refractivity contribution is 0.0697. The molecule has 0 saturated carbocycles. The van der Waals surface area contributed by atoms with Gasteiger partial charge < -0.3 is 5.11 Å². The quantitative estimate of drug-likeness (QED) is 0.826. The van der Waals surface area contributed by atoms with Gasteiger partial charge in [0.25, 0.3) is 0 Å². The number of rotatable bonds is 1. The van der Waals surface area contributed by atoms with Gasteiger partial charge in [-0.25, -0.2) is 4.79 Å². The van der Waals surface area contributed by atoms with Crippen LogP contribution in [0, 0.1) is 13.8 Å². The highest BCUT2D eigenvalue weighted by Gasteiger charge is 2.13. The predicted molar refractivity (Wildman–Crippen MR) is 63.2 cm³/mol. The Morgan fingerprint density at radius 1 is 1.38 bits per heavy atom. The number of benzene rings is 1. The van der Waals surface area contributed by atoms with Crippen LogP contribution in [0.2, 0.25) is 5.02 Å². The van der Waals surface area contributed by atoms with Crippen molar-refractivity contribution >= 4 is 28.5 Å². The van der Waals surface area contributed by atoms with Crippen molar-refractivity contribution in [3.05, 3.63) is 40.0 Å². The monoisotopic (exact) mass is 235 g/mol. The zero-order valence-corrected chi connectivity index (χ0v) is 9.67. The van der Waals surface area contributed by atoms with Gasteiger partial charge in [0.1, 0.15) is 0 Å². The molecule has 0 saturated heterocycles. The maximum Gasteiger partial charge on any atom is 0.338 e. The van der Waals surface area contributed by atoms with Crippen molar-refractivity contribution < 1.29 is 9.90 Å². The number of pyridine rings is 1. The first kappa shape index (κ1) is 10.9. The number of hydrogen-bond donors (Lipinski definition) is 1. The fourth-order valence-electron chi connectivity index (χ4n) is 1.78. The Balaban J connectivity index is 2.89. The van der Waals surface area contributed by atoms with E-state index in [1.807, 2.05) is 26.0 Å². The van der Waals surface area contributed by atoms with Crippen LogP contribution in [0.1, 0.15) is 21.5 Å². The molecular weight excluding hydrogens is 226 g/mol. The number of aromatic nitrogens is 1. The van der Waals surface area contributed by atoms with Crippen molar-refractivity contribution in [1.82, 2.24) is 4.98 Å². The number of fused-ring (bicyclic) bond motifs is 1. The maximum absolute atomic E-state index is 10.9. The van der Waals surface area contributed by atoms with E-state index in [2.05, 4.69) is 4.98 Å². The van der Waals surface area contributed by atoms with Gasteiger partial charge in [-0.15, -0.1) is 0 Å². The second kappa shape index (κ2) is 3.76. The second-order valence-corrected chi connectivity index (χ2v) is 4.15. The molecule has 0 bridgehead atoms. The maximum atomic E-state index is 10.9. The molecule has 1 aromatic heterocycles. The van der Waals surface area contributed by atoms with Crippen LogP contribution in [0.4, 0.5) is 0 Å². The lowest BCUT2D eigenvalue weighted by Crippen LogP contribution is -2.00. The van der Waals surface area contributed by atoms with Crippen LogP contribution in [0.5, 0.6) is 0 Å². The van der Waals surface area contributed by atoms with Crippen molar-refractivity contribution in [2.45, 2.75) is 13.8 Å². The summed E-state index contributed by atoms with van der Waals surface area (Å²) in [7, 11) is 0. The number of halogens is 1. The Morgan fingerprint density at radius 2 is 2.06 bits per heavy atom. The van der Waals surface area contributed by atoms with Crippen molar-refractivity contribution in [3.63, 3.8) is 0 Å². The molecule has 4 heteroatoms. The van der Waals surface area contributed by atoms with Crippen molar-refractivity contribution in [2.75, 3.05) is 0 Å². The molecule has 0 aliphatic rings. The van der Waals surface area contributed by atoms with Gasteiger partial charge in [-0.2, -0.15) is 0 Å². The second-order valence-electron chi connectivity index (χ2n) is 3.77. The molecule has 0 radical (unpaired) electrons. The minimum atomic E-state index is -1.06. The summed E-state index contributed by atoms with van der Waals surface area (Å²) < 4.78 is 0. The van der Waals surface area contributed by atoms with Crippen molar-refractivity contribution in [3.8, 4) is 0 Å². The summed E-state index contributed by atoms with van der Waals surface area (Å²) in [6, 6.07) is 3.84. The zero-order valence-electron chi connectivity index (χ0n) is 8.91. The molecule has 16 heavy (non-hydrogen) atoms. The smallest absolute Gasteiger partial charge is 0.338 e. The Hall–Kier alpha value is -1.61. The summed E-state index contributed by atoms with van der Waals surface area (Å²) in [4.78, 5) is 15.0. The molecule has 2 aromatic rings. The molecule has 1 N–H and O–H groups in total. The summed E-state index contributed by atoms with van der Waals surface area (Å²) in [5.74, 6) is -1.06. The molecule has 0 fully saturated rings.